The largest absolute Gasteiger partial charge is 0.356 e. The van der Waals surface area contributed by atoms with Crippen molar-refractivity contribution in [3.8, 4) is 0 Å². The number of carbonyl (C=O) groups excluding carboxylic acids is 1. The minimum atomic E-state index is -3.56. The van der Waals surface area contributed by atoms with E-state index in [4.69, 9.17) is 0 Å². The summed E-state index contributed by atoms with van der Waals surface area (Å²) in [5.41, 5.74) is 1.29. The number of aromatic amines is 1. The molecule has 2 aliphatic rings. The molecule has 1 aromatic heterocycles. The number of H-pyrrole nitrogens is 1. The van der Waals surface area contributed by atoms with E-state index in [-0.39, 0.29) is 16.6 Å². The van der Waals surface area contributed by atoms with Crippen LogP contribution >= 0.6 is 11.8 Å². The molecule has 30 heavy (non-hydrogen) atoms. The third-order valence-electron chi connectivity index (χ3n) is 5.81. The smallest absolute Gasteiger partial charge is 0.270 e. The normalized spacial score (nSPS) is 19.2. The molecule has 2 aromatic rings. The predicted octanol–water partition coefficient (Wildman–Crippen LogP) is 2.99. The van der Waals surface area contributed by atoms with Gasteiger partial charge in [-0.2, -0.15) is 16.1 Å². The predicted molar refractivity (Wildman–Crippen MR) is 116 cm³/mol. The fraction of sp³-hybridized carbons (Fsp3) is 0.476. The minimum absolute atomic E-state index is 0.152. The molecule has 4 rings (SSSR count). The summed E-state index contributed by atoms with van der Waals surface area (Å²) in [4.78, 5) is 17.6. The first kappa shape index (κ1) is 21.4. The fourth-order valence-electron chi connectivity index (χ4n) is 4.09. The molecule has 2 fully saturated rings. The van der Waals surface area contributed by atoms with Crippen molar-refractivity contribution in [3.63, 3.8) is 0 Å². The van der Waals surface area contributed by atoms with Crippen molar-refractivity contribution in [2.24, 2.45) is 5.92 Å². The van der Waals surface area contributed by atoms with E-state index in [0.717, 1.165) is 36.3 Å². The van der Waals surface area contributed by atoms with Gasteiger partial charge in [0.15, 0.2) is 0 Å². The van der Waals surface area contributed by atoms with Crippen LogP contribution in [0.3, 0.4) is 0 Å². The van der Waals surface area contributed by atoms with E-state index in [1.165, 1.54) is 22.6 Å². The summed E-state index contributed by atoms with van der Waals surface area (Å²) in [6.45, 7) is 2.23. The van der Waals surface area contributed by atoms with Crippen LogP contribution in [0.4, 0.5) is 4.39 Å². The number of aromatic nitrogens is 1. The number of hydrogen-bond acceptors (Lipinski definition) is 4. The van der Waals surface area contributed by atoms with Gasteiger partial charge in [0.1, 0.15) is 16.4 Å². The quantitative estimate of drug-likeness (QED) is 0.759. The van der Waals surface area contributed by atoms with Crippen molar-refractivity contribution in [1.29, 1.82) is 0 Å². The van der Waals surface area contributed by atoms with Crippen molar-refractivity contribution >= 4 is 27.7 Å². The Balaban J connectivity index is 1.35. The van der Waals surface area contributed by atoms with E-state index in [1.54, 1.807) is 28.8 Å². The molecule has 2 aliphatic heterocycles. The maximum atomic E-state index is 13.4. The number of carbonyl (C=O) groups is 1. The van der Waals surface area contributed by atoms with E-state index in [0.29, 0.717) is 37.8 Å². The third kappa shape index (κ3) is 4.73. The molecule has 1 N–H and O–H groups in total. The van der Waals surface area contributed by atoms with Gasteiger partial charge in [-0.15, -0.1) is 0 Å². The molecule has 0 bridgehead atoms. The number of thioether (sulfide) groups is 1. The summed E-state index contributed by atoms with van der Waals surface area (Å²) in [5.74, 6) is 1.60. The number of nitrogens with zero attached hydrogens (tertiary/aromatic N) is 2. The van der Waals surface area contributed by atoms with Crippen LogP contribution in [0.2, 0.25) is 0 Å². The Bertz CT molecular complexity index is 994. The van der Waals surface area contributed by atoms with Crippen molar-refractivity contribution in [1.82, 2.24) is 14.2 Å². The Hall–Kier alpha value is -1.84. The second kappa shape index (κ2) is 9.11. The Morgan fingerprint density at radius 3 is 2.57 bits per heavy atom. The summed E-state index contributed by atoms with van der Waals surface area (Å²) in [5, 5.41) is 0. The fourth-order valence-corrected chi connectivity index (χ4v) is 6.66. The molecule has 0 radical (unpaired) electrons. The average molecular weight is 452 g/mol. The van der Waals surface area contributed by atoms with Gasteiger partial charge in [0.25, 0.3) is 5.91 Å². The SMILES string of the molecule is O=C(c1cc(S(=O)(=O)N2CCSCC2)c[nH]1)N1CCC(Cc2cccc(F)c2)CC1. The number of likely N-dealkylation sites (tertiary alicyclic amines) is 1. The molecule has 9 heteroatoms. The van der Waals surface area contributed by atoms with E-state index >= 15 is 0 Å². The van der Waals surface area contributed by atoms with Crippen LogP contribution in [0, 0.1) is 11.7 Å². The van der Waals surface area contributed by atoms with Crippen molar-refractivity contribution in [2.45, 2.75) is 24.2 Å². The molecular formula is C21H26FN3O3S2. The molecule has 6 nitrogen and oxygen atoms in total. The number of halogens is 1. The molecule has 162 valence electrons. The Labute approximate surface area is 180 Å². The molecule has 0 atom stereocenters. The van der Waals surface area contributed by atoms with Crippen LogP contribution in [0.5, 0.6) is 0 Å². The zero-order valence-electron chi connectivity index (χ0n) is 16.7. The third-order valence-corrected chi connectivity index (χ3v) is 8.63. The van der Waals surface area contributed by atoms with Gasteiger partial charge in [-0.3, -0.25) is 4.79 Å². The second-order valence-corrected chi connectivity index (χ2v) is 11.0. The van der Waals surface area contributed by atoms with Crippen LogP contribution in [0.1, 0.15) is 28.9 Å². The van der Waals surface area contributed by atoms with E-state index in [1.807, 2.05) is 6.07 Å². The molecule has 0 saturated carbocycles. The lowest BCUT2D eigenvalue weighted by Crippen LogP contribution is -2.39. The highest BCUT2D eigenvalue weighted by molar-refractivity contribution is 7.99. The number of hydrogen-bond donors (Lipinski definition) is 1. The highest BCUT2D eigenvalue weighted by Gasteiger charge is 2.29. The van der Waals surface area contributed by atoms with Gasteiger partial charge in [-0.05, 0) is 48.9 Å². The standard InChI is InChI=1S/C21H26FN3O3S2/c22-18-3-1-2-17(13-18)12-16-4-6-24(7-5-16)21(26)20-14-19(15-23-20)30(27,28)25-8-10-29-11-9-25/h1-3,13-16,23H,4-12H2. The second-order valence-electron chi connectivity index (χ2n) is 7.84. The van der Waals surface area contributed by atoms with Gasteiger partial charge >= 0.3 is 0 Å². The molecule has 2 saturated heterocycles. The summed E-state index contributed by atoms with van der Waals surface area (Å²) in [6, 6.07) is 8.13. The first-order valence-electron chi connectivity index (χ1n) is 10.2. The van der Waals surface area contributed by atoms with Crippen molar-refractivity contribution in [2.75, 3.05) is 37.7 Å². The molecule has 0 spiro atoms. The van der Waals surface area contributed by atoms with Crippen molar-refractivity contribution in [3.05, 3.63) is 53.6 Å². The number of sulfonamides is 1. The summed E-state index contributed by atoms with van der Waals surface area (Å²) in [6.07, 6.45) is 3.92. The Morgan fingerprint density at radius 1 is 1.13 bits per heavy atom. The van der Waals surface area contributed by atoms with Gasteiger partial charge in [0.05, 0.1) is 0 Å². The van der Waals surface area contributed by atoms with E-state index in [9.17, 15) is 17.6 Å². The maximum Gasteiger partial charge on any atom is 0.270 e. The first-order chi connectivity index (χ1) is 14.4. The van der Waals surface area contributed by atoms with Gasteiger partial charge in [0.2, 0.25) is 10.0 Å². The topological polar surface area (TPSA) is 73.5 Å². The van der Waals surface area contributed by atoms with Crippen LogP contribution in [0.25, 0.3) is 0 Å². The highest BCUT2D eigenvalue weighted by atomic mass is 32.2. The summed E-state index contributed by atoms with van der Waals surface area (Å²) in [7, 11) is -3.56. The van der Waals surface area contributed by atoms with Crippen LogP contribution in [-0.2, 0) is 16.4 Å². The lowest BCUT2D eigenvalue weighted by molar-refractivity contribution is 0.0685. The Morgan fingerprint density at radius 2 is 1.87 bits per heavy atom. The Kier molecular flexibility index (Phi) is 6.50. The van der Waals surface area contributed by atoms with Gasteiger partial charge in [0, 0.05) is 43.9 Å². The van der Waals surface area contributed by atoms with E-state index < -0.39 is 10.0 Å². The van der Waals surface area contributed by atoms with Crippen LogP contribution in [-0.4, -0.2) is 66.2 Å². The van der Waals surface area contributed by atoms with Gasteiger partial charge in [-0.25, -0.2) is 12.8 Å². The van der Waals surface area contributed by atoms with Crippen molar-refractivity contribution < 1.29 is 17.6 Å². The number of piperidine rings is 1. The summed E-state index contributed by atoms with van der Waals surface area (Å²) < 4.78 is 40.4. The molecule has 3 heterocycles. The van der Waals surface area contributed by atoms with Crippen LogP contribution in [0.15, 0.2) is 41.4 Å². The zero-order valence-corrected chi connectivity index (χ0v) is 18.4. The van der Waals surface area contributed by atoms with Gasteiger partial charge < -0.3 is 9.88 Å². The number of rotatable bonds is 5. The van der Waals surface area contributed by atoms with E-state index in [2.05, 4.69) is 4.98 Å². The van der Waals surface area contributed by atoms with Gasteiger partial charge in [-0.1, -0.05) is 12.1 Å². The lowest BCUT2D eigenvalue weighted by atomic mass is 9.90. The zero-order chi connectivity index (χ0) is 21.1. The summed E-state index contributed by atoms with van der Waals surface area (Å²) >= 11 is 1.75. The molecule has 0 aliphatic carbocycles. The van der Waals surface area contributed by atoms with Crippen LogP contribution < -0.4 is 0 Å². The average Bonchev–Trinajstić information content (AvgIpc) is 3.26. The lowest BCUT2D eigenvalue weighted by Gasteiger charge is -2.31. The maximum absolute atomic E-state index is 13.4. The highest BCUT2D eigenvalue weighted by Crippen LogP contribution is 2.25. The molecule has 1 aromatic carbocycles. The molecular weight excluding hydrogens is 425 g/mol. The monoisotopic (exact) mass is 451 g/mol. The minimum Gasteiger partial charge on any atom is -0.356 e. The molecule has 0 unspecified atom stereocenters. The first-order valence-corrected chi connectivity index (χ1v) is 12.8. The number of nitrogens with one attached hydrogen (secondary N) is 1. The number of amides is 1. The molecule has 1 amide bonds. The number of benzene rings is 1.